The van der Waals surface area contributed by atoms with Crippen molar-refractivity contribution in [2.24, 2.45) is 10.9 Å². The summed E-state index contributed by atoms with van der Waals surface area (Å²) in [6, 6.07) is 0.498. The Bertz CT molecular complexity index is 385. The van der Waals surface area contributed by atoms with E-state index in [4.69, 9.17) is 0 Å². The van der Waals surface area contributed by atoms with E-state index in [9.17, 15) is 8.42 Å². The molecule has 112 valence electrons. The minimum atomic E-state index is -2.86. The highest BCUT2D eigenvalue weighted by Crippen LogP contribution is 2.23. The molecule has 0 bridgehead atoms. The fraction of sp³-hybridized carbons (Fsp3) is 0.923. The number of nitrogens with zero attached hydrogens (tertiary/aromatic N) is 1. The molecule has 1 rings (SSSR count). The number of rotatable bonds is 5. The molecule has 19 heavy (non-hydrogen) atoms. The fourth-order valence-corrected chi connectivity index (χ4v) is 3.00. The van der Waals surface area contributed by atoms with Crippen molar-refractivity contribution in [3.8, 4) is 0 Å². The Balaban J connectivity index is 2.23. The van der Waals surface area contributed by atoms with E-state index in [2.05, 4.69) is 22.5 Å². The number of nitrogens with one attached hydrogen (secondary N) is 2. The molecule has 0 aliphatic heterocycles. The number of guanidine groups is 1. The van der Waals surface area contributed by atoms with Gasteiger partial charge < -0.3 is 10.6 Å². The van der Waals surface area contributed by atoms with Crippen LogP contribution >= 0.6 is 0 Å². The lowest BCUT2D eigenvalue weighted by Crippen LogP contribution is -2.45. The summed E-state index contributed by atoms with van der Waals surface area (Å²) < 4.78 is 22.0. The topological polar surface area (TPSA) is 70.6 Å². The minimum absolute atomic E-state index is 0.220. The summed E-state index contributed by atoms with van der Waals surface area (Å²) in [6.07, 6.45) is 6.78. The Morgan fingerprint density at radius 2 is 1.89 bits per heavy atom. The predicted octanol–water partition coefficient (Wildman–Crippen LogP) is 1.16. The lowest BCUT2D eigenvalue weighted by Gasteiger charge is -2.28. The van der Waals surface area contributed by atoms with Gasteiger partial charge >= 0.3 is 0 Å². The van der Waals surface area contributed by atoms with Gasteiger partial charge in [0.15, 0.2) is 5.96 Å². The first-order valence-corrected chi connectivity index (χ1v) is 9.11. The van der Waals surface area contributed by atoms with Gasteiger partial charge in [0.25, 0.3) is 0 Å². The summed E-state index contributed by atoms with van der Waals surface area (Å²) in [4.78, 5) is 4.18. The molecular weight excluding hydrogens is 262 g/mol. The highest BCUT2D eigenvalue weighted by molar-refractivity contribution is 7.90. The van der Waals surface area contributed by atoms with E-state index in [0.717, 1.165) is 11.9 Å². The molecule has 1 saturated carbocycles. The lowest BCUT2D eigenvalue weighted by molar-refractivity contribution is 0.329. The van der Waals surface area contributed by atoms with Gasteiger partial charge in [-0.1, -0.05) is 6.92 Å². The van der Waals surface area contributed by atoms with Crippen molar-refractivity contribution in [3.05, 3.63) is 0 Å². The van der Waals surface area contributed by atoms with Crippen LogP contribution in [-0.2, 0) is 9.84 Å². The molecule has 0 atom stereocenters. The molecule has 0 aromatic carbocycles. The summed E-state index contributed by atoms with van der Waals surface area (Å²) in [5.41, 5.74) is 0. The molecule has 1 fully saturated rings. The smallest absolute Gasteiger partial charge is 0.191 e. The molecular formula is C13H27N3O2S. The molecule has 1 aliphatic rings. The van der Waals surface area contributed by atoms with Crippen molar-refractivity contribution in [2.45, 2.75) is 45.1 Å². The second kappa shape index (κ2) is 7.72. The largest absolute Gasteiger partial charge is 0.356 e. The molecule has 0 amide bonds. The maximum atomic E-state index is 11.0. The Morgan fingerprint density at radius 1 is 1.26 bits per heavy atom. The third kappa shape index (κ3) is 7.40. The highest BCUT2D eigenvalue weighted by atomic mass is 32.2. The van der Waals surface area contributed by atoms with E-state index < -0.39 is 9.84 Å². The maximum absolute atomic E-state index is 11.0. The minimum Gasteiger partial charge on any atom is -0.356 e. The average molecular weight is 289 g/mol. The van der Waals surface area contributed by atoms with Crippen LogP contribution in [0.1, 0.15) is 39.0 Å². The van der Waals surface area contributed by atoms with E-state index in [1.165, 1.54) is 31.9 Å². The normalized spacial score (nSPS) is 25.1. The van der Waals surface area contributed by atoms with E-state index in [1.807, 2.05) is 0 Å². The van der Waals surface area contributed by atoms with E-state index in [0.29, 0.717) is 19.0 Å². The Morgan fingerprint density at radius 3 is 2.42 bits per heavy atom. The molecule has 0 radical (unpaired) electrons. The van der Waals surface area contributed by atoms with Crippen LogP contribution in [0, 0.1) is 5.92 Å². The first-order chi connectivity index (χ1) is 8.90. The second-order valence-corrected chi connectivity index (χ2v) is 7.84. The molecule has 6 heteroatoms. The van der Waals surface area contributed by atoms with Gasteiger partial charge in [0.1, 0.15) is 9.84 Å². The van der Waals surface area contributed by atoms with Crippen LogP contribution < -0.4 is 10.6 Å². The van der Waals surface area contributed by atoms with Crippen molar-refractivity contribution < 1.29 is 8.42 Å². The lowest BCUT2D eigenvalue weighted by atomic mass is 9.87. The van der Waals surface area contributed by atoms with Crippen LogP contribution in [0.3, 0.4) is 0 Å². The number of hydrogen-bond donors (Lipinski definition) is 2. The average Bonchev–Trinajstić information content (AvgIpc) is 2.34. The third-order valence-corrected chi connectivity index (χ3v) is 4.59. The monoisotopic (exact) mass is 289 g/mol. The summed E-state index contributed by atoms with van der Waals surface area (Å²) >= 11 is 0. The van der Waals surface area contributed by atoms with Gasteiger partial charge in [0.2, 0.25) is 0 Å². The van der Waals surface area contributed by atoms with Crippen molar-refractivity contribution in [2.75, 3.05) is 25.6 Å². The SMILES string of the molecule is CN=C(NCCCS(C)(=O)=O)NC1CCC(C)CC1. The van der Waals surface area contributed by atoms with Crippen LogP contribution in [0.2, 0.25) is 0 Å². The molecule has 1 aliphatic carbocycles. The number of hydrogen-bond acceptors (Lipinski definition) is 3. The Hall–Kier alpha value is -0.780. The van der Waals surface area contributed by atoms with Crippen molar-refractivity contribution >= 4 is 15.8 Å². The van der Waals surface area contributed by atoms with Crippen LogP contribution in [0.15, 0.2) is 4.99 Å². The van der Waals surface area contributed by atoms with Gasteiger partial charge in [-0.3, -0.25) is 4.99 Å². The van der Waals surface area contributed by atoms with Crippen molar-refractivity contribution in [1.29, 1.82) is 0 Å². The molecule has 0 spiro atoms. The Labute approximate surface area is 117 Å². The number of sulfone groups is 1. The summed E-state index contributed by atoms with van der Waals surface area (Å²) in [6.45, 7) is 2.93. The van der Waals surface area contributed by atoms with Gasteiger partial charge in [-0.25, -0.2) is 8.42 Å². The molecule has 0 aromatic heterocycles. The zero-order chi connectivity index (χ0) is 14.3. The molecule has 0 saturated heterocycles. The summed E-state index contributed by atoms with van der Waals surface area (Å²) in [5.74, 6) is 1.84. The van der Waals surface area contributed by atoms with E-state index in [-0.39, 0.29) is 5.75 Å². The van der Waals surface area contributed by atoms with Gasteiger partial charge in [-0.15, -0.1) is 0 Å². The third-order valence-electron chi connectivity index (χ3n) is 3.56. The second-order valence-electron chi connectivity index (χ2n) is 5.58. The van der Waals surface area contributed by atoms with Crippen molar-refractivity contribution in [3.63, 3.8) is 0 Å². The maximum Gasteiger partial charge on any atom is 0.191 e. The number of aliphatic imine (C=N–C) groups is 1. The quantitative estimate of drug-likeness (QED) is 0.453. The summed E-state index contributed by atoms with van der Waals surface area (Å²) in [7, 11) is -1.12. The van der Waals surface area contributed by atoms with Gasteiger partial charge in [0, 0.05) is 25.9 Å². The molecule has 5 nitrogen and oxygen atoms in total. The van der Waals surface area contributed by atoms with Crippen LogP contribution in [0.4, 0.5) is 0 Å². The fourth-order valence-electron chi connectivity index (χ4n) is 2.33. The Kier molecular flexibility index (Phi) is 6.62. The standard InChI is InChI=1S/C13H27N3O2S/c1-11-5-7-12(8-6-11)16-13(14-2)15-9-4-10-19(3,17)18/h11-12H,4-10H2,1-3H3,(H2,14,15,16). The summed E-state index contributed by atoms with van der Waals surface area (Å²) in [5, 5.41) is 6.59. The first-order valence-electron chi connectivity index (χ1n) is 7.05. The zero-order valence-electron chi connectivity index (χ0n) is 12.3. The van der Waals surface area contributed by atoms with Crippen molar-refractivity contribution in [1.82, 2.24) is 10.6 Å². The predicted molar refractivity (Wildman–Crippen MR) is 80.2 cm³/mol. The first kappa shape index (κ1) is 16.3. The molecule has 0 unspecified atom stereocenters. The highest BCUT2D eigenvalue weighted by Gasteiger charge is 2.18. The van der Waals surface area contributed by atoms with Gasteiger partial charge in [0.05, 0.1) is 5.75 Å². The van der Waals surface area contributed by atoms with Crippen LogP contribution in [-0.4, -0.2) is 46.0 Å². The molecule has 2 N–H and O–H groups in total. The zero-order valence-corrected chi connectivity index (χ0v) is 13.1. The van der Waals surface area contributed by atoms with E-state index >= 15 is 0 Å². The van der Waals surface area contributed by atoms with Gasteiger partial charge in [-0.2, -0.15) is 0 Å². The molecule has 0 heterocycles. The van der Waals surface area contributed by atoms with Crippen LogP contribution in [0.5, 0.6) is 0 Å². The van der Waals surface area contributed by atoms with Gasteiger partial charge in [-0.05, 0) is 38.0 Å². The molecule has 0 aromatic rings. The van der Waals surface area contributed by atoms with Crippen LogP contribution in [0.25, 0.3) is 0 Å². The van der Waals surface area contributed by atoms with E-state index in [1.54, 1.807) is 7.05 Å².